The first kappa shape index (κ1) is 19.0. The van der Waals surface area contributed by atoms with Crippen LogP contribution in [0.1, 0.15) is 5.69 Å². The Labute approximate surface area is 173 Å². The van der Waals surface area contributed by atoms with Crippen LogP contribution in [0.25, 0.3) is 22.5 Å². The summed E-state index contributed by atoms with van der Waals surface area (Å²) in [5, 5.41) is 7.83. The number of aryl methyl sites for hydroxylation is 2. The van der Waals surface area contributed by atoms with Crippen molar-refractivity contribution in [2.24, 2.45) is 7.05 Å². The van der Waals surface area contributed by atoms with E-state index in [1.807, 2.05) is 73.7 Å². The minimum absolute atomic E-state index is 0.100. The molecule has 2 N–H and O–H groups in total. The van der Waals surface area contributed by atoms with Gasteiger partial charge in [-0.15, -0.1) is 0 Å². The Hall–Kier alpha value is -3.32. The third-order valence-corrected chi connectivity index (χ3v) is 5.27. The highest BCUT2D eigenvalue weighted by molar-refractivity contribution is 7.99. The van der Waals surface area contributed by atoms with Gasteiger partial charge in [-0.05, 0) is 6.92 Å². The summed E-state index contributed by atoms with van der Waals surface area (Å²) in [5.41, 5.74) is 4.77. The summed E-state index contributed by atoms with van der Waals surface area (Å²) in [6.07, 6.45) is 0. The lowest BCUT2D eigenvalue weighted by atomic mass is 10.1. The molecule has 4 rings (SSSR count). The first-order valence-electron chi connectivity index (χ1n) is 9.24. The van der Waals surface area contributed by atoms with Crippen LogP contribution >= 0.6 is 11.8 Å². The number of benzene rings is 2. The number of amides is 1. The van der Waals surface area contributed by atoms with Crippen LogP contribution in [0.4, 0.5) is 5.82 Å². The number of aromatic nitrogens is 4. The van der Waals surface area contributed by atoms with Crippen molar-refractivity contribution >= 4 is 23.5 Å². The topological polar surface area (TPSA) is 75.6 Å². The molecule has 7 heteroatoms. The van der Waals surface area contributed by atoms with Gasteiger partial charge in [0, 0.05) is 24.2 Å². The quantitative estimate of drug-likeness (QED) is 0.464. The predicted molar refractivity (Wildman–Crippen MR) is 117 cm³/mol. The average Bonchev–Trinajstić information content (AvgIpc) is 3.30. The molecule has 0 aliphatic heterocycles. The Morgan fingerprint density at radius 2 is 1.72 bits per heavy atom. The van der Waals surface area contributed by atoms with Crippen molar-refractivity contribution in [2.75, 3.05) is 11.1 Å². The highest BCUT2D eigenvalue weighted by atomic mass is 32.2. The predicted octanol–water partition coefficient (Wildman–Crippen LogP) is 4.52. The second kappa shape index (κ2) is 8.36. The molecule has 2 aromatic carbocycles. The van der Waals surface area contributed by atoms with Crippen molar-refractivity contribution in [1.29, 1.82) is 0 Å². The van der Waals surface area contributed by atoms with Crippen LogP contribution < -0.4 is 5.32 Å². The second-order valence-electron chi connectivity index (χ2n) is 6.63. The van der Waals surface area contributed by atoms with Gasteiger partial charge < -0.3 is 10.3 Å². The van der Waals surface area contributed by atoms with Gasteiger partial charge in [-0.2, -0.15) is 5.10 Å². The van der Waals surface area contributed by atoms with Gasteiger partial charge >= 0.3 is 0 Å². The van der Waals surface area contributed by atoms with Gasteiger partial charge in [-0.3, -0.25) is 9.48 Å². The van der Waals surface area contributed by atoms with Crippen LogP contribution in [0.5, 0.6) is 0 Å². The summed E-state index contributed by atoms with van der Waals surface area (Å²) in [6.45, 7) is 1.89. The molecule has 0 atom stereocenters. The molecule has 1 amide bonds. The van der Waals surface area contributed by atoms with Gasteiger partial charge in [-0.25, -0.2) is 4.98 Å². The number of rotatable bonds is 6. The Kier molecular flexibility index (Phi) is 5.48. The molecule has 2 heterocycles. The van der Waals surface area contributed by atoms with E-state index in [4.69, 9.17) is 4.98 Å². The SMILES string of the molecule is Cc1cc(NC(=O)CSc2nc(-c3ccccc3)c(-c3ccccc3)[nH]2)n(C)n1. The summed E-state index contributed by atoms with van der Waals surface area (Å²) < 4.78 is 1.66. The molecular formula is C22H21N5OS. The van der Waals surface area contributed by atoms with E-state index in [-0.39, 0.29) is 11.7 Å². The van der Waals surface area contributed by atoms with E-state index in [0.717, 1.165) is 28.2 Å². The molecule has 0 saturated heterocycles. The Balaban J connectivity index is 1.54. The summed E-state index contributed by atoms with van der Waals surface area (Å²) in [5.74, 6) is 0.833. The number of hydrogen-bond donors (Lipinski definition) is 2. The molecule has 0 saturated carbocycles. The lowest BCUT2D eigenvalue weighted by molar-refractivity contribution is -0.113. The largest absolute Gasteiger partial charge is 0.332 e. The second-order valence-corrected chi connectivity index (χ2v) is 7.59. The molecule has 0 radical (unpaired) electrons. The van der Waals surface area contributed by atoms with Crippen LogP contribution in [0.3, 0.4) is 0 Å². The number of aromatic amines is 1. The number of thioether (sulfide) groups is 1. The maximum atomic E-state index is 12.4. The van der Waals surface area contributed by atoms with E-state index in [9.17, 15) is 4.79 Å². The zero-order chi connectivity index (χ0) is 20.2. The van der Waals surface area contributed by atoms with Crippen LogP contribution in [0, 0.1) is 6.92 Å². The van der Waals surface area contributed by atoms with Crippen LogP contribution in [0.15, 0.2) is 71.9 Å². The highest BCUT2D eigenvalue weighted by Gasteiger charge is 2.15. The molecule has 0 unspecified atom stereocenters. The molecular weight excluding hydrogens is 382 g/mol. The molecule has 2 aromatic heterocycles. The third-order valence-electron chi connectivity index (χ3n) is 4.40. The van der Waals surface area contributed by atoms with E-state index in [1.165, 1.54) is 11.8 Å². The highest BCUT2D eigenvalue weighted by Crippen LogP contribution is 2.32. The van der Waals surface area contributed by atoms with Crippen molar-refractivity contribution < 1.29 is 4.79 Å². The molecule has 0 aliphatic carbocycles. The van der Waals surface area contributed by atoms with Gasteiger partial charge in [0.25, 0.3) is 0 Å². The van der Waals surface area contributed by atoms with Crippen molar-refractivity contribution in [3.05, 3.63) is 72.4 Å². The molecule has 0 spiro atoms. The zero-order valence-corrected chi connectivity index (χ0v) is 17.0. The first-order valence-corrected chi connectivity index (χ1v) is 10.2. The minimum Gasteiger partial charge on any atom is -0.332 e. The Bertz CT molecular complexity index is 1060. The fraction of sp³-hybridized carbons (Fsp3) is 0.136. The van der Waals surface area contributed by atoms with Crippen molar-refractivity contribution in [2.45, 2.75) is 12.1 Å². The molecule has 29 heavy (non-hydrogen) atoms. The van der Waals surface area contributed by atoms with E-state index in [1.54, 1.807) is 11.7 Å². The standard InChI is InChI=1S/C22H21N5OS/c1-15-13-18(27(2)26-15)23-19(28)14-29-22-24-20(16-9-5-3-6-10-16)21(25-22)17-11-7-4-8-12-17/h3-13H,14H2,1-2H3,(H,23,28)(H,24,25). The van der Waals surface area contributed by atoms with Crippen LogP contribution in [-0.2, 0) is 11.8 Å². The maximum Gasteiger partial charge on any atom is 0.235 e. The number of anilines is 1. The Morgan fingerprint density at radius 3 is 2.34 bits per heavy atom. The lowest BCUT2D eigenvalue weighted by Gasteiger charge is -2.03. The zero-order valence-electron chi connectivity index (χ0n) is 16.2. The molecule has 0 bridgehead atoms. The lowest BCUT2D eigenvalue weighted by Crippen LogP contribution is -2.16. The third kappa shape index (κ3) is 4.41. The summed E-state index contributed by atoms with van der Waals surface area (Å²) in [4.78, 5) is 20.5. The molecule has 0 aliphatic rings. The molecule has 146 valence electrons. The van der Waals surface area contributed by atoms with Crippen molar-refractivity contribution in [3.8, 4) is 22.5 Å². The summed E-state index contributed by atoms with van der Waals surface area (Å²) in [6, 6.07) is 22.0. The normalized spacial score (nSPS) is 10.8. The summed E-state index contributed by atoms with van der Waals surface area (Å²) >= 11 is 1.38. The summed E-state index contributed by atoms with van der Waals surface area (Å²) in [7, 11) is 1.81. The number of imidazole rings is 1. The fourth-order valence-electron chi connectivity index (χ4n) is 3.08. The number of nitrogens with zero attached hydrogens (tertiary/aromatic N) is 3. The minimum atomic E-state index is -0.100. The van der Waals surface area contributed by atoms with E-state index in [0.29, 0.717) is 11.0 Å². The van der Waals surface area contributed by atoms with E-state index in [2.05, 4.69) is 15.4 Å². The monoisotopic (exact) mass is 403 g/mol. The smallest absolute Gasteiger partial charge is 0.235 e. The van der Waals surface area contributed by atoms with E-state index >= 15 is 0 Å². The van der Waals surface area contributed by atoms with Gasteiger partial charge in [-0.1, -0.05) is 72.4 Å². The number of H-pyrrole nitrogens is 1. The number of carbonyl (C=O) groups is 1. The van der Waals surface area contributed by atoms with Crippen LogP contribution in [0.2, 0.25) is 0 Å². The first-order chi connectivity index (χ1) is 14.1. The van der Waals surface area contributed by atoms with Crippen molar-refractivity contribution in [1.82, 2.24) is 19.7 Å². The number of carbonyl (C=O) groups excluding carboxylic acids is 1. The van der Waals surface area contributed by atoms with Crippen molar-refractivity contribution in [3.63, 3.8) is 0 Å². The fourth-order valence-corrected chi connectivity index (χ4v) is 3.75. The average molecular weight is 404 g/mol. The van der Waals surface area contributed by atoms with Crippen LogP contribution in [-0.4, -0.2) is 31.4 Å². The maximum absolute atomic E-state index is 12.4. The van der Waals surface area contributed by atoms with Gasteiger partial charge in [0.2, 0.25) is 5.91 Å². The van der Waals surface area contributed by atoms with Gasteiger partial charge in [0.15, 0.2) is 5.16 Å². The number of hydrogen-bond acceptors (Lipinski definition) is 4. The van der Waals surface area contributed by atoms with Gasteiger partial charge in [0.05, 0.1) is 22.8 Å². The molecule has 6 nitrogen and oxygen atoms in total. The molecule has 4 aromatic rings. The molecule has 0 fully saturated rings. The Morgan fingerprint density at radius 1 is 1.07 bits per heavy atom. The van der Waals surface area contributed by atoms with E-state index < -0.39 is 0 Å². The number of nitrogens with one attached hydrogen (secondary N) is 2. The van der Waals surface area contributed by atoms with Gasteiger partial charge in [0.1, 0.15) is 5.82 Å².